The molecule has 2 atom stereocenters. The van der Waals surface area contributed by atoms with Crippen molar-refractivity contribution in [2.75, 3.05) is 13.1 Å². The van der Waals surface area contributed by atoms with Crippen LogP contribution < -0.4 is 10.1 Å². The SMILES string of the molecule is C#Cc1ccc2cc(CN3CC[C@H](Oc4ccc5c(c4)CN(C4CCC(=O)NC4=O)C5=O)C3)ccc2n1. The molecule has 6 rings (SSSR count). The van der Waals surface area contributed by atoms with Crippen LogP contribution in [0.4, 0.5) is 0 Å². The standard InChI is InChI=1S/C29H26N4O4/c1-2-21-5-4-19-13-18(3-8-25(19)30-21)15-32-12-11-23(17-32)37-22-6-7-24-20(14-22)16-33(29(24)36)26-9-10-27(34)31-28(26)35/h1,3-8,13-14,23,26H,9-12,15-17H2,(H,31,34,35)/t23-,26?/m0/s1. The summed E-state index contributed by atoms with van der Waals surface area (Å²) in [7, 11) is 0. The van der Waals surface area contributed by atoms with Crippen molar-refractivity contribution in [1.29, 1.82) is 0 Å². The van der Waals surface area contributed by atoms with E-state index in [9.17, 15) is 14.4 Å². The van der Waals surface area contributed by atoms with Gasteiger partial charge in [-0.1, -0.05) is 12.0 Å². The van der Waals surface area contributed by atoms with Crippen LogP contribution in [0.5, 0.6) is 5.75 Å². The van der Waals surface area contributed by atoms with Gasteiger partial charge in [-0.25, -0.2) is 4.98 Å². The normalized spacial score (nSPS) is 21.7. The summed E-state index contributed by atoms with van der Waals surface area (Å²) in [5.41, 5.74) is 4.19. The average molecular weight is 495 g/mol. The van der Waals surface area contributed by atoms with E-state index in [1.165, 1.54) is 5.56 Å². The van der Waals surface area contributed by atoms with E-state index in [0.717, 1.165) is 48.3 Å². The quantitative estimate of drug-likeness (QED) is 0.433. The van der Waals surface area contributed by atoms with Crippen LogP contribution in [-0.4, -0.2) is 57.7 Å². The van der Waals surface area contributed by atoms with Crippen LogP contribution in [-0.2, 0) is 22.7 Å². The number of imide groups is 1. The molecule has 2 saturated heterocycles. The fraction of sp³-hybridized carbons (Fsp3) is 0.310. The first-order valence-electron chi connectivity index (χ1n) is 12.5. The van der Waals surface area contributed by atoms with E-state index in [1.807, 2.05) is 30.3 Å². The molecule has 37 heavy (non-hydrogen) atoms. The van der Waals surface area contributed by atoms with Crippen molar-refractivity contribution < 1.29 is 19.1 Å². The van der Waals surface area contributed by atoms with E-state index < -0.39 is 11.9 Å². The van der Waals surface area contributed by atoms with Gasteiger partial charge >= 0.3 is 0 Å². The fourth-order valence-corrected chi connectivity index (χ4v) is 5.47. The van der Waals surface area contributed by atoms with Crippen molar-refractivity contribution in [1.82, 2.24) is 20.1 Å². The molecular weight excluding hydrogens is 468 g/mol. The highest BCUT2D eigenvalue weighted by Crippen LogP contribution is 2.31. The van der Waals surface area contributed by atoms with Gasteiger partial charge in [-0.3, -0.25) is 24.6 Å². The number of ether oxygens (including phenoxy) is 1. The molecule has 0 bridgehead atoms. The molecule has 3 aliphatic rings. The molecule has 186 valence electrons. The first kappa shape index (κ1) is 23.2. The highest BCUT2D eigenvalue weighted by atomic mass is 16.5. The van der Waals surface area contributed by atoms with Gasteiger partial charge in [0.1, 0.15) is 23.6 Å². The van der Waals surface area contributed by atoms with Gasteiger partial charge in [0.25, 0.3) is 5.91 Å². The lowest BCUT2D eigenvalue weighted by molar-refractivity contribution is -0.136. The van der Waals surface area contributed by atoms with Gasteiger partial charge in [0, 0.05) is 43.5 Å². The molecule has 8 nitrogen and oxygen atoms in total. The molecule has 1 unspecified atom stereocenters. The number of nitrogens with one attached hydrogen (secondary N) is 1. The summed E-state index contributed by atoms with van der Waals surface area (Å²) in [5.74, 6) is 2.43. The summed E-state index contributed by atoms with van der Waals surface area (Å²) in [4.78, 5) is 45.1. The number of likely N-dealkylation sites (tertiary alicyclic amines) is 1. The molecule has 0 saturated carbocycles. The Labute approximate surface area is 214 Å². The molecule has 0 aliphatic carbocycles. The number of amides is 3. The maximum absolute atomic E-state index is 12.9. The van der Waals surface area contributed by atoms with Gasteiger partial charge in [0.15, 0.2) is 0 Å². The first-order chi connectivity index (χ1) is 18.0. The van der Waals surface area contributed by atoms with Crippen molar-refractivity contribution in [3.05, 3.63) is 70.9 Å². The molecule has 4 heterocycles. The number of carbonyl (C=O) groups excluding carboxylic acids is 3. The van der Waals surface area contributed by atoms with E-state index in [4.69, 9.17) is 11.2 Å². The average Bonchev–Trinajstić information content (AvgIpc) is 3.47. The molecule has 1 N–H and O–H groups in total. The summed E-state index contributed by atoms with van der Waals surface area (Å²) in [6.45, 7) is 2.91. The van der Waals surface area contributed by atoms with E-state index >= 15 is 0 Å². The molecule has 3 amide bonds. The van der Waals surface area contributed by atoms with Crippen LogP contribution in [0.15, 0.2) is 48.5 Å². The van der Waals surface area contributed by atoms with Gasteiger partial charge < -0.3 is 9.64 Å². The Kier molecular flexibility index (Phi) is 5.85. The van der Waals surface area contributed by atoms with Crippen LogP contribution in [0.3, 0.4) is 0 Å². The van der Waals surface area contributed by atoms with E-state index in [-0.39, 0.29) is 24.3 Å². The molecule has 0 radical (unpaired) electrons. The van der Waals surface area contributed by atoms with Crippen molar-refractivity contribution in [3.63, 3.8) is 0 Å². The molecule has 3 aliphatic heterocycles. The summed E-state index contributed by atoms with van der Waals surface area (Å²) in [6, 6.07) is 15.0. The van der Waals surface area contributed by atoms with Crippen molar-refractivity contribution in [3.8, 4) is 18.1 Å². The molecule has 2 aromatic carbocycles. The predicted molar refractivity (Wildman–Crippen MR) is 136 cm³/mol. The third kappa shape index (κ3) is 4.54. The zero-order valence-corrected chi connectivity index (χ0v) is 20.3. The number of rotatable bonds is 5. The van der Waals surface area contributed by atoms with Crippen LogP contribution in [0.1, 0.15) is 46.4 Å². The summed E-state index contributed by atoms with van der Waals surface area (Å²) >= 11 is 0. The Morgan fingerprint density at radius 1 is 1.08 bits per heavy atom. The number of carbonyl (C=O) groups is 3. The Balaban J connectivity index is 1.08. The largest absolute Gasteiger partial charge is 0.489 e. The van der Waals surface area contributed by atoms with Gasteiger partial charge in [-0.05, 0) is 66.4 Å². The first-order valence-corrected chi connectivity index (χ1v) is 12.5. The van der Waals surface area contributed by atoms with Gasteiger partial charge in [-0.15, -0.1) is 6.42 Å². The van der Waals surface area contributed by atoms with E-state index in [0.29, 0.717) is 24.2 Å². The number of pyridine rings is 1. The van der Waals surface area contributed by atoms with Gasteiger partial charge in [-0.2, -0.15) is 0 Å². The molecule has 8 heteroatoms. The summed E-state index contributed by atoms with van der Waals surface area (Å²) < 4.78 is 6.29. The Hall–Kier alpha value is -4.22. The number of piperidine rings is 1. The summed E-state index contributed by atoms with van der Waals surface area (Å²) in [5, 5.41) is 3.41. The fourth-order valence-electron chi connectivity index (χ4n) is 5.47. The highest BCUT2D eigenvalue weighted by Gasteiger charge is 2.39. The smallest absolute Gasteiger partial charge is 0.255 e. The maximum Gasteiger partial charge on any atom is 0.255 e. The number of aromatic nitrogens is 1. The molecule has 2 fully saturated rings. The third-order valence-electron chi connectivity index (χ3n) is 7.33. The number of benzene rings is 2. The predicted octanol–water partition coefficient (Wildman–Crippen LogP) is 2.63. The summed E-state index contributed by atoms with van der Waals surface area (Å²) in [6.07, 6.45) is 7.02. The molecule has 3 aromatic rings. The second-order valence-corrected chi connectivity index (χ2v) is 9.85. The van der Waals surface area contributed by atoms with Crippen LogP contribution in [0.2, 0.25) is 0 Å². The second-order valence-electron chi connectivity index (χ2n) is 9.85. The van der Waals surface area contributed by atoms with Gasteiger partial charge in [0.05, 0.1) is 5.52 Å². The zero-order chi connectivity index (χ0) is 25.5. The number of terminal acetylenes is 1. The highest BCUT2D eigenvalue weighted by molar-refractivity contribution is 6.05. The number of hydrogen-bond acceptors (Lipinski definition) is 6. The lowest BCUT2D eigenvalue weighted by atomic mass is 10.0. The van der Waals surface area contributed by atoms with Crippen molar-refractivity contribution in [2.45, 2.75) is 44.5 Å². The molecule has 0 spiro atoms. The lowest BCUT2D eigenvalue weighted by Gasteiger charge is -2.29. The zero-order valence-electron chi connectivity index (χ0n) is 20.3. The van der Waals surface area contributed by atoms with Crippen molar-refractivity contribution >= 4 is 28.6 Å². The number of nitrogens with zero attached hydrogens (tertiary/aromatic N) is 3. The Morgan fingerprint density at radius 2 is 1.97 bits per heavy atom. The number of fused-ring (bicyclic) bond motifs is 2. The van der Waals surface area contributed by atoms with Crippen LogP contribution >= 0.6 is 0 Å². The monoisotopic (exact) mass is 494 g/mol. The lowest BCUT2D eigenvalue weighted by Crippen LogP contribution is -2.52. The maximum atomic E-state index is 12.9. The minimum Gasteiger partial charge on any atom is -0.489 e. The number of hydrogen-bond donors (Lipinski definition) is 1. The van der Waals surface area contributed by atoms with E-state index in [1.54, 1.807) is 11.0 Å². The van der Waals surface area contributed by atoms with Crippen molar-refractivity contribution in [2.24, 2.45) is 0 Å². The van der Waals surface area contributed by atoms with E-state index in [2.05, 4.69) is 33.3 Å². The molecular formula is C29H26N4O4. The second kappa shape index (κ2) is 9.34. The Bertz CT molecular complexity index is 1480. The minimum atomic E-state index is -0.615. The van der Waals surface area contributed by atoms with Crippen LogP contribution in [0, 0.1) is 12.3 Å². The van der Waals surface area contributed by atoms with Gasteiger partial charge in [0.2, 0.25) is 11.8 Å². The Morgan fingerprint density at radius 3 is 2.81 bits per heavy atom. The third-order valence-corrected chi connectivity index (χ3v) is 7.33. The topological polar surface area (TPSA) is 91.8 Å². The molecule has 1 aromatic heterocycles. The minimum absolute atomic E-state index is 0.0571. The van der Waals surface area contributed by atoms with Crippen LogP contribution in [0.25, 0.3) is 10.9 Å².